The molecule has 0 spiro atoms. The smallest absolute Gasteiger partial charge is 0.257 e. The van der Waals surface area contributed by atoms with Crippen molar-refractivity contribution in [3.05, 3.63) is 65.7 Å². The van der Waals surface area contributed by atoms with Crippen molar-refractivity contribution >= 4 is 23.2 Å². The van der Waals surface area contributed by atoms with Gasteiger partial charge in [0.05, 0.1) is 19.9 Å². The Morgan fingerprint density at radius 1 is 0.893 bits per heavy atom. The quantitative estimate of drug-likeness (QED) is 0.671. The van der Waals surface area contributed by atoms with Crippen LogP contribution >= 0.6 is 0 Å². The summed E-state index contributed by atoms with van der Waals surface area (Å²) >= 11 is 0. The number of amides is 1. The van der Waals surface area contributed by atoms with Crippen LogP contribution in [0.25, 0.3) is 0 Å². The highest BCUT2D eigenvalue weighted by Gasteiger charge is 2.12. The lowest BCUT2D eigenvalue weighted by atomic mass is 10.2. The molecule has 0 bridgehead atoms. The minimum absolute atomic E-state index is 0.0518. The molecule has 28 heavy (non-hydrogen) atoms. The number of rotatable bonds is 6. The summed E-state index contributed by atoms with van der Waals surface area (Å²) in [5.41, 5.74) is 0.365. The molecule has 1 heterocycles. The van der Waals surface area contributed by atoms with Gasteiger partial charge >= 0.3 is 0 Å². The molecule has 0 atom stereocenters. The van der Waals surface area contributed by atoms with Crippen molar-refractivity contribution < 1.29 is 23.0 Å². The first-order valence-electron chi connectivity index (χ1n) is 8.08. The number of carbonyl (C=O) groups is 1. The molecule has 0 saturated carbocycles. The average molecular weight is 386 g/mol. The number of nitrogens with zero attached hydrogens (tertiary/aromatic N) is 2. The Balaban J connectivity index is 1.71. The van der Waals surface area contributed by atoms with Gasteiger partial charge in [0.2, 0.25) is 0 Å². The van der Waals surface area contributed by atoms with Crippen LogP contribution < -0.4 is 20.1 Å². The SMILES string of the molecule is COc1cc(OC)cc(C(=O)Nc2ccc(Nc3ccc(F)cc3F)nn2)c1. The average Bonchev–Trinajstić information content (AvgIpc) is 2.71. The fraction of sp³-hybridized carbons (Fsp3) is 0.105. The van der Waals surface area contributed by atoms with Gasteiger partial charge in [-0.05, 0) is 36.4 Å². The summed E-state index contributed by atoms with van der Waals surface area (Å²) in [5, 5.41) is 13.0. The first-order valence-corrected chi connectivity index (χ1v) is 8.08. The minimum Gasteiger partial charge on any atom is -0.497 e. The van der Waals surface area contributed by atoms with Gasteiger partial charge in [-0.2, -0.15) is 0 Å². The molecule has 1 amide bonds. The molecule has 7 nitrogen and oxygen atoms in total. The molecule has 0 saturated heterocycles. The Labute approximate surface area is 159 Å². The molecule has 0 unspecified atom stereocenters. The number of benzene rings is 2. The third-order valence-corrected chi connectivity index (χ3v) is 3.71. The molecule has 1 aromatic heterocycles. The molecule has 0 aliphatic carbocycles. The van der Waals surface area contributed by atoms with Crippen molar-refractivity contribution in [3.8, 4) is 11.5 Å². The molecule has 2 aromatic carbocycles. The topological polar surface area (TPSA) is 85.4 Å². The van der Waals surface area contributed by atoms with Crippen molar-refractivity contribution in [3.63, 3.8) is 0 Å². The van der Waals surface area contributed by atoms with Gasteiger partial charge in [-0.1, -0.05) is 0 Å². The Hall–Kier alpha value is -3.75. The van der Waals surface area contributed by atoms with Crippen molar-refractivity contribution in [2.75, 3.05) is 24.9 Å². The van der Waals surface area contributed by atoms with Crippen LogP contribution in [0.15, 0.2) is 48.5 Å². The Bertz CT molecular complexity index is 975. The molecule has 9 heteroatoms. The third-order valence-electron chi connectivity index (χ3n) is 3.71. The predicted molar refractivity (Wildman–Crippen MR) is 99.2 cm³/mol. The van der Waals surface area contributed by atoms with Crippen LogP contribution in [0.4, 0.5) is 26.1 Å². The molecule has 0 aliphatic heterocycles. The molecule has 0 aliphatic rings. The molecule has 3 aromatic rings. The summed E-state index contributed by atoms with van der Waals surface area (Å²) in [5.74, 6) is -0.513. The number of carbonyl (C=O) groups excluding carboxylic acids is 1. The van der Waals surface area contributed by atoms with E-state index in [1.165, 1.54) is 32.4 Å². The molecule has 0 fully saturated rings. The summed E-state index contributed by atoms with van der Waals surface area (Å²) in [4.78, 5) is 12.4. The largest absolute Gasteiger partial charge is 0.497 e. The molecular weight excluding hydrogens is 370 g/mol. The number of anilines is 3. The van der Waals surface area contributed by atoms with Gasteiger partial charge in [0.1, 0.15) is 23.1 Å². The normalized spacial score (nSPS) is 10.3. The van der Waals surface area contributed by atoms with Gasteiger partial charge in [0.25, 0.3) is 5.91 Å². The highest BCUT2D eigenvalue weighted by Crippen LogP contribution is 2.23. The van der Waals surface area contributed by atoms with Gasteiger partial charge in [-0.15, -0.1) is 10.2 Å². The third kappa shape index (κ3) is 4.50. The zero-order chi connectivity index (χ0) is 20.1. The first kappa shape index (κ1) is 19.0. The molecule has 2 N–H and O–H groups in total. The summed E-state index contributed by atoms with van der Waals surface area (Å²) in [6, 6.07) is 10.9. The lowest BCUT2D eigenvalue weighted by molar-refractivity contribution is 0.102. The van der Waals surface area contributed by atoms with Crippen molar-refractivity contribution in [2.24, 2.45) is 0 Å². The Kier molecular flexibility index (Phi) is 5.64. The van der Waals surface area contributed by atoms with Gasteiger partial charge in [0.15, 0.2) is 11.6 Å². The van der Waals surface area contributed by atoms with Gasteiger partial charge in [0, 0.05) is 17.7 Å². The number of ether oxygens (including phenoxy) is 2. The summed E-state index contributed by atoms with van der Waals surface area (Å²) in [6.07, 6.45) is 0. The van der Waals surface area contributed by atoms with Gasteiger partial charge in [-0.3, -0.25) is 4.79 Å². The van der Waals surface area contributed by atoms with Gasteiger partial charge < -0.3 is 20.1 Å². The van der Waals surface area contributed by atoms with Gasteiger partial charge in [-0.25, -0.2) is 8.78 Å². The highest BCUT2D eigenvalue weighted by molar-refractivity contribution is 6.04. The first-order chi connectivity index (χ1) is 13.5. The second-order valence-corrected chi connectivity index (χ2v) is 5.61. The standard InChI is InChI=1S/C19H16F2N4O3/c1-27-13-7-11(8-14(10-13)28-2)19(26)23-18-6-5-17(24-25-18)22-16-4-3-12(20)9-15(16)21/h3-10H,1-2H3,(H,22,24)(H,23,25,26). The number of halogens is 2. The monoisotopic (exact) mass is 386 g/mol. The van der Waals surface area contributed by atoms with E-state index in [2.05, 4.69) is 20.8 Å². The molecule has 0 radical (unpaired) electrons. The zero-order valence-corrected chi connectivity index (χ0v) is 15.0. The summed E-state index contributed by atoms with van der Waals surface area (Å²) in [7, 11) is 2.97. The second kappa shape index (κ2) is 8.30. The van der Waals surface area contributed by atoms with E-state index >= 15 is 0 Å². The molecule has 144 valence electrons. The number of hydrogen-bond acceptors (Lipinski definition) is 6. The van der Waals surface area contributed by atoms with E-state index < -0.39 is 17.5 Å². The maximum absolute atomic E-state index is 13.7. The van der Waals surface area contributed by atoms with Crippen LogP contribution in [0.3, 0.4) is 0 Å². The molecule has 3 rings (SSSR count). The lowest BCUT2D eigenvalue weighted by Gasteiger charge is -2.09. The zero-order valence-electron chi connectivity index (χ0n) is 15.0. The fourth-order valence-corrected chi connectivity index (χ4v) is 2.32. The minimum atomic E-state index is -0.758. The Morgan fingerprint density at radius 3 is 2.11 bits per heavy atom. The van der Waals surface area contributed by atoms with E-state index in [1.807, 2.05) is 0 Å². The van der Waals surface area contributed by atoms with E-state index in [-0.39, 0.29) is 17.3 Å². The van der Waals surface area contributed by atoms with E-state index in [0.29, 0.717) is 17.1 Å². The summed E-state index contributed by atoms with van der Waals surface area (Å²) < 4.78 is 36.9. The molecular formula is C19H16F2N4O3. The van der Waals surface area contributed by atoms with Crippen LogP contribution in [0.1, 0.15) is 10.4 Å². The Morgan fingerprint density at radius 2 is 1.54 bits per heavy atom. The predicted octanol–water partition coefficient (Wildman–Crippen LogP) is 3.77. The lowest BCUT2D eigenvalue weighted by Crippen LogP contribution is -2.14. The maximum atomic E-state index is 13.7. The van der Waals surface area contributed by atoms with E-state index in [4.69, 9.17) is 9.47 Å². The van der Waals surface area contributed by atoms with E-state index in [0.717, 1.165) is 12.1 Å². The van der Waals surface area contributed by atoms with Crippen LogP contribution in [-0.4, -0.2) is 30.3 Å². The van der Waals surface area contributed by atoms with Crippen molar-refractivity contribution in [2.45, 2.75) is 0 Å². The fourth-order valence-electron chi connectivity index (χ4n) is 2.32. The van der Waals surface area contributed by atoms with Crippen molar-refractivity contribution in [1.29, 1.82) is 0 Å². The maximum Gasteiger partial charge on any atom is 0.257 e. The van der Waals surface area contributed by atoms with E-state index in [1.54, 1.807) is 18.2 Å². The van der Waals surface area contributed by atoms with Crippen LogP contribution in [0.2, 0.25) is 0 Å². The second-order valence-electron chi connectivity index (χ2n) is 5.61. The number of methoxy groups -OCH3 is 2. The van der Waals surface area contributed by atoms with E-state index in [9.17, 15) is 13.6 Å². The van der Waals surface area contributed by atoms with Crippen LogP contribution in [0.5, 0.6) is 11.5 Å². The van der Waals surface area contributed by atoms with Crippen molar-refractivity contribution in [1.82, 2.24) is 10.2 Å². The van der Waals surface area contributed by atoms with Crippen LogP contribution in [-0.2, 0) is 0 Å². The van der Waals surface area contributed by atoms with Crippen LogP contribution in [0, 0.1) is 11.6 Å². The highest BCUT2D eigenvalue weighted by atomic mass is 19.1. The number of hydrogen-bond donors (Lipinski definition) is 2. The number of aromatic nitrogens is 2. The summed E-state index contributed by atoms with van der Waals surface area (Å²) in [6.45, 7) is 0. The number of nitrogens with one attached hydrogen (secondary N) is 2.